The van der Waals surface area contributed by atoms with E-state index in [1.165, 1.54) is 38.5 Å². The first-order valence-corrected chi connectivity index (χ1v) is 9.56. The molecule has 0 bridgehead atoms. The number of ether oxygens (including phenoxy) is 1. The predicted octanol–water partition coefficient (Wildman–Crippen LogP) is 4.36. The van der Waals surface area contributed by atoms with E-state index in [4.69, 9.17) is 10.00 Å². The van der Waals surface area contributed by atoms with Crippen molar-refractivity contribution in [2.24, 2.45) is 0 Å². The minimum atomic E-state index is -0.702. The maximum absolute atomic E-state index is 12.1. The number of hydrogen-bond acceptors (Lipinski definition) is 4. The summed E-state index contributed by atoms with van der Waals surface area (Å²) in [6, 6.07) is 7.56. The molecule has 0 saturated heterocycles. The molecule has 142 valence electrons. The molecule has 0 aliphatic rings. The van der Waals surface area contributed by atoms with Crippen molar-refractivity contribution in [3.63, 3.8) is 0 Å². The van der Waals surface area contributed by atoms with Crippen molar-refractivity contribution >= 4 is 11.9 Å². The molecule has 1 rings (SSSR count). The highest BCUT2D eigenvalue weighted by atomic mass is 16.5. The summed E-state index contributed by atoms with van der Waals surface area (Å²) in [4.78, 5) is 24.0. The van der Waals surface area contributed by atoms with Crippen molar-refractivity contribution in [1.29, 1.82) is 5.26 Å². The van der Waals surface area contributed by atoms with E-state index >= 15 is 0 Å². The van der Waals surface area contributed by atoms with Crippen molar-refractivity contribution in [2.45, 2.75) is 71.3 Å². The number of carbonyl (C=O) groups excluding carboxylic acids is 2. The van der Waals surface area contributed by atoms with Gasteiger partial charge in [0.1, 0.15) is 6.04 Å². The van der Waals surface area contributed by atoms with Crippen molar-refractivity contribution in [2.75, 3.05) is 6.61 Å². The van der Waals surface area contributed by atoms with Crippen LogP contribution in [0.3, 0.4) is 0 Å². The summed E-state index contributed by atoms with van der Waals surface area (Å²) < 4.78 is 5.23. The van der Waals surface area contributed by atoms with Crippen molar-refractivity contribution in [1.82, 2.24) is 5.32 Å². The first-order chi connectivity index (χ1) is 12.6. The topological polar surface area (TPSA) is 79.2 Å². The Morgan fingerprint density at radius 2 is 1.62 bits per heavy atom. The van der Waals surface area contributed by atoms with Crippen LogP contribution in [-0.4, -0.2) is 24.5 Å². The molecule has 0 saturated carbocycles. The summed E-state index contributed by atoms with van der Waals surface area (Å²) in [5.41, 5.74) is 0.895. The summed E-state index contributed by atoms with van der Waals surface area (Å²) in [6.45, 7) is 4.21. The minimum absolute atomic E-state index is 0.356. The molecule has 5 nitrogen and oxygen atoms in total. The van der Waals surface area contributed by atoms with Gasteiger partial charge in [-0.25, -0.2) is 4.79 Å². The number of unbranched alkanes of at least 4 members (excludes halogenated alkanes) is 7. The molecule has 1 aromatic rings. The first kappa shape index (κ1) is 21.7. The molecule has 5 heteroatoms. The summed E-state index contributed by atoms with van der Waals surface area (Å²) in [5, 5.41) is 11.4. The van der Waals surface area contributed by atoms with Gasteiger partial charge in [0.25, 0.3) is 5.91 Å². The molecule has 0 fully saturated rings. The van der Waals surface area contributed by atoms with Crippen LogP contribution < -0.4 is 5.32 Å². The Morgan fingerprint density at radius 3 is 2.19 bits per heavy atom. The number of nitrogens with one attached hydrogen (secondary N) is 1. The van der Waals surface area contributed by atoms with Gasteiger partial charge in [-0.3, -0.25) is 4.79 Å². The molecule has 0 heterocycles. The number of nitrogens with zero attached hydrogens (tertiary/aromatic N) is 1. The highest BCUT2D eigenvalue weighted by Crippen LogP contribution is 2.08. The predicted molar refractivity (Wildman–Crippen MR) is 102 cm³/mol. The summed E-state index contributed by atoms with van der Waals surface area (Å²) in [7, 11) is 0. The third-order valence-corrected chi connectivity index (χ3v) is 4.22. The van der Waals surface area contributed by atoms with E-state index in [0.717, 1.165) is 12.8 Å². The second-order valence-electron chi connectivity index (χ2n) is 6.53. The van der Waals surface area contributed by atoms with Gasteiger partial charge in [0.05, 0.1) is 18.2 Å². The van der Waals surface area contributed by atoms with Crippen LogP contribution in [0.4, 0.5) is 0 Å². The second-order valence-corrected chi connectivity index (χ2v) is 6.53. The number of rotatable bonds is 12. The molecule has 0 radical (unpaired) electrons. The monoisotopic (exact) mass is 358 g/mol. The van der Waals surface area contributed by atoms with E-state index in [-0.39, 0.29) is 5.91 Å². The molecule has 0 unspecified atom stereocenters. The van der Waals surface area contributed by atoms with Crippen molar-refractivity contribution in [3.05, 3.63) is 35.4 Å². The first-order valence-electron chi connectivity index (χ1n) is 9.56. The van der Waals surface area contributed by atoms with Gasteiger partial charge in [-0.1, -0.05) is 51.9 Å². The van der Waals surface area contributed by atoms with E-state index in [1.807, 2.05) is 6.07 Å². The van der Waals surface area contributed by atoms with Gasteiger partial charge in [0.15, 0.2) is 0 Å². The quantitative estimate of drug-likeness (QED) is 0.445. The van der Waals surface area contributed by atoms with Crippen LogP contribution in [0.1, 0.15) is 81.1 Å². The zero-order valence-electron chi connectivity index (χ0n) is 15.9. The molecule has 1 amide bonds. The number of carbonyl (C=O) groups is 2. The van der Waals surface area contributed by atoms with Crippen molar-refractivity contribution in [3.8, 4) is 6.07 Å². The number of nitriles is 1. The number of hydrogen-bond donors (Lipinski definition) is 1. The summed E-state index contributed by atoms with van der Waals surface area (Å²) in [6.07, 6.45) is 9.49. The molecule has 1 aromatic carbocycles. The van der Waals surface area contributed by atoms with Crippen LogP contribution in [0.25, 0.3) is 0 Å². The van der Waals surface area contributed by atoms with E-state index in [0.29, 0.717) is 17.7 Å². The van der Waals surface area contributed by atoms with Gasteiger partial charge in [0, 0.05) is 5.56 Å². The Balaban J connectivity index is 2.18. The second kappa shape index (κ2) is 12.9. The lowest BCUT2D eigenvalue weighted by Gasteiger charge is -2.13. The molecular formula is C21H30N2O3. The van der Waals surface area contributed by atoms with Crippen LogP contribution in [0, 0.1) is 11.3 Å². The van der Waals surface area contributed by atoms with Gasteiger partial charge in [-0.05, 0) is 37.6 Å². The van der Waals surface area contributed by atoms with Crippen LogP contribution in [0.5, 0.6) is 0 Å². The maximum atomic E-state index is 12.1. The minimum Gasteiger partial charge on any atom is -0.464 e. The van der Waals surface area contributed by atoms with Crippen LogP contribution in [0.15, 0.2) is 24.3 Å². The SMILES string of the molecule is CCCCCCCCCCOC(=O)[C@H](C)NC(=O)c1ccc(C#N)cc1. The van der Waals surface area contributed by atoms with Crippen LogP contribution >= 0.6 is 0 Å². The fraction of sp³-hybridized carbons (Fsp3) is 0.571. The Hall–Kier alpha value is -2.35. The Kier molecular flexibility index (Phi) is 10.8. The molecule has 0 aliphatic heterocycles. The lowest BCUT2D eigenvalue weighted by atomic mass is 10.1. The third-order valence-electron chi connectivity index (χ3n) is 4.22. The molecule has 0 aliphatic carbocycles. The Morgan fingerprint density at radius 1 is 1.04 bits per heavy atom. The molecule has 26 heavy (non-hydrogen) atoms. The molecule has 1 N–H and O–H groups in total. The number of benzene rings is 1. The average Bonchev–Trinajstić information content (AvgIpc) is 2.66. The average molecular weight is 358 g/mol. The normalized spacial score (nSPS) is 11.4. The van der Waals surface area contributed by atoms with E-state index < -0.39 is 12.0 Å². The van der Waals surface area contributed by atoms with E-state index in [1.54, 1.807) is 31.2 Å². The zero-order chi connectivity index (χ0) is 19.2. The smallest absolute Gasteiger partial charge is 0.328 e. The van der Waals surface area contributed by atoms with E-state index in [2.05, 4.69) is 12.2 Å². The van der Waals surface area contributed by atoms with Crippen LogP contribution in [0.2, 0.25) is 0 Å². The Bertz CT molecular complexity index is 590. The third kappa shape index (κ3) is 8.66. The van der Waals surface area contributed by atoms with Crippen molar-refractivity contribution < 1.29 is 14.3 Å². The maximum Gasteiger partial charge on any atom is 0.328 e. The number of amides is 1. The van der Waals surface area contributed by atoms with E-state index in [9.17, 15) is 9.59 Å². The zero-order valence-corrected chi connectivity index (χ0v) is 15.9. The molecule has 0 spiro atoms. The standard InChI is InChI=1S/C21H30N2O3/c1-3-4-5-6-7-8-9-10-15-26-21(25)17(2)23-20(24)19-13-11-18(16-22)12-14-19/h11-14,17H,3-10,15H2,1-2H3,(H,23,24)/t17-/m0/s1. The van der Waals surface area contributed by atoms with Gasteiger partial charge < -0.3 is 10.1 Å². The fourth-order valence-electron chi connectivity index (χ4n) is 2.57. The highest BCUT2D eigenvalue weighted by molar-refractivity contribution is 5.96. The highest BCUT2D eigenvalue weighted by Gasteiger charge is 2.17. The van der Waals surface area contributed by atoms with Crippen LogP contribution in [-0.2, 0) is 9.53 Å². The molecule has 0 aromatic heterocycles. The molecule has 1 atom stereocenters. The number of esters is 1. The summed E-state index contributed by atoms with van der Waals surface area (Å²) in [5.74, 6) is -0.777. The lowest BCUT2D eigenvalue weighted by Crippen LogP contribution is -2.39. The fourth-order valence-corrected chi connectivity index (χ4v) is 2.57. The molecular weight excluding hydrogens is 328 g/mol. The van der Waals surface area contributed by atoms with Gasteiger partial charge in [-0.2, -0.15) is 5.26 Å². The van der Waals surface area contributed by atoms with Gasteiger partial charge in [0.2, 0.25) is 0 Å². The Labute approximate surface area is 156 Å². The largest absolute Gasteiger partial charge is 0.464 e. The lowest BCUT2D eigenvalue weighted by molar-refractivity contribution is -0.145. The van der Waals surface area contributed by atoms with Gasteiger partial charge in [-0.15, -0.1) is 0 Å². The van der Waals surface area contributed by atoms with Gasteiger partial charge >= 0.3 is 5.97 Å². The summed E-state index contributed by atoms with van der Waals surface area (Å²) >= 11 is 0.